The minimum Gasteiger partial charge on any atom is -0.480 e. The van der Waals surface area contributed by atoms with Crippen LogP contribution in [-0.4, -0.2) is 55.9 Å². The van der Waals surface area contributed by atoms with Crippen LogP contribution in [0.4, 0.5) is 0 Å². The van der Waals surface area contributed by atoms with E-state index in [0.29, 0.717) is 19.4 Å². The second-order valence-electron chi connectivity index (χ2n) is 7.47. The molecule has 1 aromatic heterocycles. The molecule has 1 fully saturated rings. The van der Waals surface area contributed by atoms with Crippen molar-refractivity contribution in [2.75, 3.05) is 6.54 Å². The molecule has 2 N–H and O–H groups in total. The average Bonchev–Trinajstić information content (AvgIpc) is 3.26. The second kappa shape index (κ2) is 9.65. The Labute approximate surface area is 169 Å². The average molecular weight is 404 g/mol. The molecule has 1 saturated heterocycles. The van der Waals surface area contributed by atoms with Crippen LogP contribution in [0.3, 0.4) is 0 Å². The van der Waals surface area contributed by atoms with E-state index in [1.165, 1.54) is 11.8 Å². The van der Waals surface area contributed by atoms with Gasteiger partial charge in [-0.1, -0.05) is 30.7 Å². The quantitative estimate of drug-likeness (QED) is 0.607. The Bertz CT molecular complexity index is 825. The molecule has 2 heterocycles. The van der Waals surface area contributed by atoms with Crippen molar-refractivity contribution in [1.82, 2.24) is 9.88 Å². The minimum atomic E-state index is -1.27. The number of likely N-dealkylation sites (tertiary alicyclic amines) is 1. The normalized spacial score (nSPS) is 21.0. The van der Waals surface area contributed by atoms with Gasteiger partial charge in [0, 0.05) is 13.0 Å². The summed E-state index contributed by atoms with van der Waals surface area (Å²) in [6.45, 7) is 5.69. The molecular weight excluding hydrogens is 376 g/mol. The van der Waals surface area contributed by atoms with Gasteiger partial charge in [0.1, 0.15) is 17.6 Å². The van der Waals surface area contributed by atoms with E-state index in [-0.39, 0.29) is 30.2 Å². The number of oxazole rings is 1. The number of rotatable bonds is 9. The van der Waals surface area contributed by atoms with Gasteiger partial charge in [0.25, 0.3) is 5.91 Å². The molecule has 8 heteroatoms. The lowest BCUT2D eigenvalue weighted by molar-refractivity contribution is -0.147. The Hall–Kier alpha value is -2.74. The highest BCUT2D eigenvalue weighted by Gasteiger charge is 2.46. The maximum absolute atomic E-state index is 12.7. The number of carboxylic acid groups (broad SMARTS) is 1. The Kier molecular flexibility index (Phi) is 7.50. The second-order valence-corrected chi connectivity index (χ2v) is 7.47. The topological polar surface area (TPSA) is 121 Å². The summed E-state index contributed by atoms with van der Waals surface area (Å²) in [5.74, 6) is -1.81. The number of carbonyl (C=O) groups is 3. The van der Waals surface area contributed by atoms with Gasteiger partial charge in [-0.3, -0.25) is 9.59 Å². The summed E-state index contributed by atoms with van der Waals surface area (Å²) >= 11 is 0. The van der Waals surface area contributed by atoms with E-state index in [1.807, 2.05) is 26.0 Å². The molecule has 8 nitrogen and oxygen atoms in total. The van der Waals surface area contributed by atoms with Crippen molar-refractivity contribution in [3.05, 3.63) is 41.6 Å². The maximum Gasteiger partial charge on any atom is 0.329 e. The molecule has 158 valence electrons. The number of allylic oxidation sites excluding steroid dienone is 3. The zero-order valence-corrected chi connectivity index (χ0v) is 17.1. The number of carbonyl (C=O) groups excluding carboxylic acids is 2. The van der Waals surface area contributed by atoms with Crippen molar-refractivity contribution in [1.29, 1.82) is 0 Å². The molecule has 1 aliphatic rings. The zero-order valence-electron chi connectivity index (χ0n) is 17.1. The van der Waals surface area contributed by atoms with E-state index in [9.17, 15) is 24.6 Å². The van der Waals surface area contributed by atoms with Crippen molar-refractivity contribution in [3.63, 3.8) is 0 Å². The van der Waals surface area contributed by atoms with Crippen LogP contribution < -0.4 is 0 Å². The minimum absolute atomic E-state index is 0.0248. The molecule has 0 aromatic carbocycles. The van der Waals surface area contributed by atoms with E-state index < -0.39 is 23.5 Å². The standard InChI is InChI=1S/C21H28N2O6/c1-4-5-7-14(2)10-15(24)11-16(25)12-18-22-17(13-29-18)19(26)23-9-6-8-21(23,3)20(27)28/h5,7,10,13,15,24H,4,6,8-9,11-12H2,1-3H3,(H,27,28)/b7-5+,14-10+/t15-,21-/m1/s1. The molecule has 0 unspecified atom stereocenters. The smallest absolute Gasteiger partial charge is 0.329 e. The number of aliphatic carboxylic acids is 1. The van der Waals surface area contributed by atoms with Crippen molar-refractivity contribution >= 4 is 17.7 Å². The van der Waals surface area contributed by atoms with E-state index in [0.717, 1.165) is 18.3 Å². The van der Waals surface area contributed by atoms with Gasteiger partial charge in [-0.25, -0.2) is 9.78 Å². The van der Waals surface area contributed by atoms with Gasteiger partial charge in [0.05, 0.1) is 12.5 Å². The molecular formula is C21H28N2O6. The van der Waals surface area contributed by atoms with Crippen molar-refractivity contribution < 1.29 is 29.0 Å². The van der Waals surface area contributed by atoms with Gasteiger partial charge in [-0.05, 0) is 33.1 Å². The highest BCUT2D eigenvalue weighted by Crippen LogP contribution is 2.30. The van der Waals surface area contributed by atoms with Crippen LogP contribution in [0.1, 0.15) is 62.8 Å². The number of amides is 1. The summed E-state index contributed by atoms with van der Waals surface area (Å²) in [4.78, 5) is 41.7. The molecule has 1 aliphatic heterocycles. The SMILES string of the molecule is CC/C=C/C(C)=C/[C@@H](O)CC(=O)Cc1nc(C(=O)N2CCC[C@]2(C)C(=O)O)co1. The van der Waals surface area contributed by atoms with E-state index >= 15 is 0 Å². The first kappa shape index (κ1) is 22.5. The Morgan fingerprint density at radius 1 is 1.41 bits per heavy atom. The van der Waals surface area contributed by atoms with Gasteiger partial charge in [0.15, 0.2) is 5.69 Å². The highest BCUT2D eigenvalue weighted by molar-refractivity contribution is 5.96. The number of hydrogen-bond donors (Lipinski definition) is 2. The van der Waals surface area contributed by atoms with Crippen molar-refractivity contribution in [2.45, 2.75) is 64.5 Å². The fraction of sp³-hybridized carbons (Fsp3) is 0.524. The summed E-state index contributed by atoms with van der Waals surface area (Å²) in [6.07, 6.45) is 7.27. The number of aromatic nitrogens is 1. The van der Waals surface area contributed by atoms with Gasteiger partial charge < -0.3 is 19.5 Å². The molecule has 2 atom stereocenters. The lowest BCUT2D eigenvalue weighted by atomic mass is 9.99. The third kappa shape index (κ3) is 5.63. The molecule has 2 rings (SSSR count). The van der Waals surface area contributed by atoms with E-state index in [4.69, 9.17) is 4.42 Å². The number of hydrogen-bond acceptors (Lipinski definition) is 6. The molecule has 0 bridgehead atoms. The zero-order chi connectivity index (χ0) is 21.6. The Balaban J connectivity index is 1.98. The monoisotopic (exact) mass is 404 g/mol. The molecule has 1 amide bonds. The number of aliphatic hydroxyl groups excluding tert-OH is 1. The number of carboxylic acids is 1. The third-order valence-corrected chi connectivity index (χ3v) is 4.97. The van der Waals surface area contributed by atoms with Crippen LogP contribution in [0.25, 0.3) is 0 Å². The van der Waals surface area contributed by atoms with E-state index in [1.54, 1.807) is 6.08 Å². The molecule has 0 spiro atoms. The molecule has 1 aromatic rings. The highest BCUT2D eigenvalue weighted by atomic mass is 16.4. The lowest BCUT2D eigenvalue weighted by Crippen LogP contribution is -2.50. The number of nitrogens with zero attached hydrogens (tertiary/aromatic N) is 2. The lowest BCUT2D eigenvalue weighted by Gasteiger charge is -2.30. The number of Topliss-reactive ketones (excluding diaryl/α,β-unsaturated/α-hetero) is 1. The largest absolute Gasteiger partial charge is 0.480 e. The van der Waals surface area contributed by atoms with Crippen LogP contribution in [0.15, 0.2) is 34.5 Å². The summed E-state index contributed by atoms with van der Waals surface area (Å²) in [7, 11) is 0. The molecule has 0 aliphatic carbocycles. The predicted octanol–water partition coefficient (Wildman–Crippen LogP) is 2.53. The summed E-state index contributed by atoms with van der Waals surface area (Å²) < 4.78 is 5.23. The number of aliphatic hydroxyl groups is 1. The first-order valence-corrected chi connectivity index (χ1v) is 9.72. The van der Waals surface area contributed by atoms with Gasteiger partial charge in [-0.2, -0.15) is 0 Å². The van der Waals surface area contributed by atoms with Gasteiger partial charge >= 0.3 is 5.97 Å². The van der Waals surface area contributed by atoms with Gasteiger partial charge in [-0.15, -0.1) is 0 Å². The van der Waals surface area contributed by atoms with Gasteiger partial charge in [0.2, 0.25) is 5.89 Å². The summed E-state index contributed by atoms with van der Waals surface area (Å²) in [5.41, 5.74) is -0.432. The number of ketones is 1. The third-order valence-electron chi connectivity index (χ3n) is 4.97. The van der Waals surface area contributed by atoms with Crippen LogP contribution in [0, 0.1) is 0 Å². The predicted molar refractivity (Wildman–Crippen MR) is 105 cm³/mol. The molecule has 0 radical (unpaired) electrons. The Morgan fingerprint density at radius 2 is 2.14 bits per heavy atom. The van der Waals surface area contributed by atoms with E-state index in [2.05, 4.69) is 4.98 Å². The maximum atomic E-state index is 12.7. The van der Waals surface area contributed by atoms with Crippen LogP contribution in [0.2, 0.25) is 0 Å². The van der Waals surface area contributed by atoms with Crippen LogP contribution in [0.5, 0.6) is 0 Å². The van der Waals surface area contributed by atoms with Crippen molar-refractivity contribution in [2.24, 2.45) is 0 Å². The van der Waals surface area contributed by atoms with Crippen LogP contribution in [-0.2, 0) is 16.0 Å². The van der Waals surface area contributed by atoms with Crippen molar-refractivity contribution in [3.8, 4) is 0 Å². The first-order valence-electron chi connectivity index (χ1n) is 9.72. The molecule has 0 saturated carbocycles. The summed E-state index contributed by atoms with van der Waals surface area (Å²) in [5, 5.41) is 19.5. The fourth-order valence-electron chi connectivity index (χ4n) is 3.34. The fourth-order valence-corrected chi connectivity index (χ4v) is 3.34. The molecule has 29 heavy (non-hydrogen) atoms. The Morgan fingerprint density at radius 3 is 2.79 bits per heavy atom. The summed E-state index contributed by atoms with van der Waals surface area (Å²) in [6, 6.07) is 0. The first-order chi connectivity index (χ1) is 13.7. The van der Waals surface area contributed by atoms with Crippen LogP contribution >= 0.6 is 0 Å².